The Morgan fingerprint density at radius 3 is 2.33 bits per heavy atom. The molecule has 0 N–H and O–H groups in total. The Kier molecular flexibility index (Phi) is 4.15. The highest BCUT2D eigenvalue weighted by molar-refractivity contribution is 6.63. The average molecular weight is 319 g/mol. The molecule has 0 saturated carbocycles. The maximum absolute atomic E-state index is 13.4. The van der Waals surface area contributed by atoms with E-state index < -0.39 is 11.5 Å². The molecule has 0 saturated heterocycles. The van der Waals surface area contributed by atoms with Gasteiger partial charge in [0.2, 0.25) is 5.24 Å². The van der Waals surface area contributed by atoms with Crippen LogP contribution in [0.4, 0.5) is 8.78 Å². The molecule has 0 bridgehead atoms. The fourth-order valence-corrected chi connectivity index (χ4v) is 2.76. The van der Waals surface area contributed by atoms with Gasteiger partial charge in [0.05, 0.1) is 0 Å². The Balaban J connectivity index is 2.70. The van der Waals surface area contributed by atoms with E-state index in [-0.39, 0.29) is 29.8 Å². The van der Waals surface area contributed by atoms with Crippen LogP contribution in [-0.2, 0) is 11.2 Å². The molecule has 1 aromatic rings. The molecular weight excluding hydrogens is 302 g/mol. The highest BCUT2D eigenvalue weighted by atomic mass is 35.5. The lowest BCUT2D eigenvalue weighted by atomic mass is 9.86. The largest absolute Gasteiger partial charge is 0.586 e. The van der Waals surface area contributed by atoms with Crippen molar-refractivity contribution < 1.29 is 23.0 Å². The van der Waals surface area contributed by atoms with Crippen LogP contribution in [0.25, 0.3) is 0 Å². The molecule has 1 aliphatic rings. The van der Waals surface area contributed by atoms with Crippen LogP contribution in [0.1, 0.15) is 56.2 Å². The van der Waals surface area contributed by atoms with Gasteiger partial charge in [0.1, 0.15) is 0 Å². The average Bonchev–Trinajstić information content (AvgIpc) is 2.59. The van der Waals surface area contributed by atoms with Crippen LogP contribution < -0.4 is 9.47 Å². The first-order valence-electron chi connectivity index (χ1n) is 6.76. The molecule has 1 aliphatic heterocycles. The minimum Gasteiger partial charge on any atom is -0.395 e. The maximum Gasteiger partial charge on any atom is 0.586 e. The summed E-state index contributed by atoms with van der Waals surface area (Å²) in [5.41, 5.74) is 1.98. The Morgan fingerprint density at radius 2 is 1.86 bits per heavy atom. The monoisotopic (exact) mass is 318 g/mol. The minimum atomic E-state index is -3.68. The third kappa shape index (κ3) is 3.12. The van der Waals surface area contributed by atoms with Crippen LogP contribution in [0.3, 0.4) is 0 Å². The molecule has 0 radical (unpaired) electrons. The fourth-order valence-electron chi connectivity index (χ4n) is 2.63. The molecule has 116 valence electrons. The molecule has 21 heavy (non-hydrogen) atoms. The molecular formula is C15H17ClF2O3. The number of halogens is 3. The van der Waals surface area contributed by atoms with Crippen molar-refractivity contribution in [3.63, 3.8) is 0 Å². The number of rotatable bonds is 4. The zero-order chi connectivity index (χ0) is 15.9. The smallest absolute Gasteiger partial charge is 0.395 e. The van der Waals surface area contributed by atoms with Crippen molar-refractivity contribution in [2.45, 2.75) is 52.2 Å². The Hall–Kier alpha value is -1.36. The van der Waals surface area contributed by atoms with E-state index in [0.717, 1.165) is 5.56 Å². The Morgan fingerprint density at radius 1 is 1.24 bits per heavy atom. The molecule has 3 nitrogen and oxygen atoms in total. The van der Waals surface area contributed by atoms with E-state index in [4.69, 9.17) is 11.6 Å². The number of fused-ring (bicyclic) bond motifs is 1. The zero-order valence-corrected chi connectivity index (χ0v) is 13.1. The third-order valence-electron chi connectivity index (χ3n) is 3.39. The van der Waals surface area contributed by atoms with Crippen molar-refractivity contribution in [1.82, 2.24) is 0 Å². The Labute approximate surface area is 127 Å². The first-order valence-corrected chi connectivity index (χ1v) is 7.14. The molecule has 0 fully saturated rings. The maximum atomic E-state index is 13.4. The van der Waals surface area contributed by atoms with Gasteiger partial charge in [0, 0.05) is 12.0 Å². The van der Waals surface area contributed by atoms with E-state index in [1.807, 2.05) is 27.7 Å². The molecule has 1 heterocycles. The van der Waals surface area contributed by atoms with Gasteiger partial charge < -0.3 is 9.47 Å². The predicted octanol–water partition coefficient (Wildman–Crippen LogP) is 4.56. The third-order valence-corrected chi connectivity index (χ3v) is 3.53. The lowest BCUT2D eigenvalue weighted by Gasteiger charge is -2.20. The summed E-state index contributed by atoms with van der Waals surface area (Å²) in [5, 5.41) is -0.538. The first-order chi connectivity index (χ1) is 9.62. The summed E-state index contributed by atoms with van der Waals surface area (Å²) < 4.78 is 35.9. The minimum absolute atomic E-state index is 0.00677. The number of ether oxygens (including phenoxy) is 2. The van der Waals surface area contributed by atoms with E-state index in [1.165, 1.54) is 6.07 Å². The van der Waals surface area contributed by atoms with Crippen LogP contribution in [-0.4, -0.2) is 11.5 Å². The van der Waals surface area contributed by atoms with Gasteiger partial charge in [-0.2, -0.15) is 0 Å². The standard InChI is InChI=1S/C15H17ClF2O3/c1-7(2)9-5-11-14(21-15(17,18)20-11)13(8(3)4)10(9)6-12(16)19/h5,7-8H,6H2,1-4H3. The molecule has 0 spiro atoms. The van der Waals surface area contributed by atoms with Crippen molar-refractivity contribution in [2.75, 3.05) is 0 Å². The number of carbonyl (C=O) groups excluding carboxylic acids is 1. The zero-order valence-electron chi connectivity index (χ0n) is 12.3. The number of benzene rings is 1. The molecule has 0 aliphatic carbocycles. The summed E-state index contributed by atoms with van der Waals surface area (Å²) in [6, 6.07) is 1.52. The first kappa shape index (κ1) is 16.0. The second kappa shape index (κ2) is 5.44. The number of carbonyl (C=O) groups is 1. The summed E-state index contributed by atoms with van der Waals surface area (Å²) in [5.74, 6) is -0.0527. The summed E-state index contributed by atoms with van der Waals surface area (Å²) in [4.78, 5) is 11.3. The lowest BCUT2D eigenvalue weighted by molar-refractivity contribution is -0.287. The van der Waals surface area contributed by atoms with Gasteiger partial charge in [-0.25, -0.2) is 0 Å². The molecule has 0 aromatic heterocycles. The van der Waals surface area contributed by atoms with Crippen LogP contribution in [0, 0.1) is 0 Å². The normalized spacial score (nSPS) is 15.9. The molecule has 2 rings (SSSR count). The van der Waals surface area contributed by atoms with Gasteiger partial charge in [-0.15, -0.1) is 8.78 Å². The fraction of sp³-hybridized carbons (Fsp3) is 0.533. The molecule has 0 amide bonds. The van der Waals surface area contributed by atoms with E-state index in [0.29, 0.717) is 11.1 Å². The number of alkyl halides is 2. The molecule has 6 heteroatoms. The van der Waals surface area contributed by atoms with Crippen molar-refractivity contribution in [1.29, 1.82) is 0 Å². The highest BCUT2D eigenvalue weighted by Gasteiger charge is 2.46. The molecule has 0 unspecified atom stereocenters. The number of hydrogen-bond donors (Lipinski definition) is 0. The van der Waals surface area contributed by atoms with Crippen LogP contribution in [0.2, 0.25) is 0 Å². The van der Waals surface area contributed by atoms with E-state index >= 15 is 0 Å². The van der Waals surface area contributed by atoms with Gasteiger partial charge in [-0.05, 0) is 40.6 Å². The SMILES string of the molecule is CC(C)c1cc2c(c(C(C)C)c1CC(=O)Cl)OC(F)(F)O2. The van der Waals surface area contributed by atoms with Gasteiger partial charge in [0.25, 0.3) is 0 Å². The van der Waals surface area contributed by atoms with Gasteiger partial charge in [-0.3, -0.25) is 4.79 Å². The van der Waals surface area contributed by atoms with E-state index in [2.05, 4.69) is 9.47 Å². The summed E-state index contributed by atoms with van der Waals surface area (Å²) in [6.07, 6.45) is -3.70. The Bertz CT molecular complexity index is 583. The summed E-state index contributed by atoms with van der Waals surface area (Å²) >= 11 is 5.51. The second-order valence-electron chi connectivity index (χ2n) is 5.69. The quantitative estimate of drug-likeness (QED) is 0.763. The van der Waals surface area contributed by atoms with Gasteiger partial charge >= 0.3 is 6.29 Å². The topological polar surface area (TPSA) is 35.5 Å². The number of hydrogen-bond acceptors (Lipinski definition) is 3. The highest BCUT2D eigenvalue weighted by Crippen LogP contribution is 2.49. The van der Waals surface area contributed by atoms with Crippen LogP contribution in [0.5, 0.6) is 11.5 Å². The van der Waals surface area contributed by atoms with Crippen molar-refractivity contribution in [3.8, 4) is 11.5 Å². The lowest BCUT2D eigenvalue weighted by Crippen LogP contribution is -2.26. The van der Waals surface area contributed by atoms with Crippen LogP contribution >= 0.6 is 11.6 Å². The van der Waals surface area contributed by atoms with E-state index in [9.17, 15) is 13.6 Å². The van der Waals surface area contributed by atoms with Crippen molar-refractivity contribution in [3.05, 3.63) is 22.8 Å². The summed E-state index contributed by atoms with van der Waals surface area (Å²) in [7, 11) is 0. The van der Waals surface area contributed by atoms with E-state index in [1.54, 1.807) is 0 Å². The van der Waals surface area contributed by atoms with Gasteiger partial charge in [-0.1, -0.05) is 27.7 Å². The van der Waals surface area contributed by atoms with Gasteiger partial charge in [0.15, 0.2) is 11.5 Å². The second-order valence-corrected chi connectivity index (χ2v) is 6.12. The summed E-state index contributed by atoms with van der Waals surface area (Å²) in [6.45, 7) is 7.54. The molecule has 0 atom stereocenters. The van der Waals surface area contributed by atoms with Crippen molar-refractivity contribution in [2.24, 2.45) is 0 Å². The predicted molar refractivity (Wildman–Crippen MR) is 75.4 cm³/mol. The van der Waals surface area contributed by atoms with Crippen LogP contribution in [0.15, 0.2) is 6.07 Å². The van der Waals surface area contributed by atoms with Crippen molar-refractivity contribution >= 4 is 16.8 Å². The molecule has 1 aromatic carbocycles.